The molecule has 4 nitrogen and oxygen atoms in total. The second-order valence-electron chi connectivity index (χ2n) is 7.93. The number of hydrogen-bond donors (Lipinski definition) is 1. The van der Waals surface area contributed by atoms with Gasteiger partial charge in [-0.1, -0.05) is 26.0 Å². The largest absolute Gasteiger partial charge is 0.466 e. The van der Waals surface area contributed by atoms with Crippen molar-refractivity contribution in [3.05, 3.63) is 57.7 Å². The van der Waals surface area contributed by atoms with E-state index in [0.29, 0.717) is 40.8 Å². The van der Waals surface area contributed by atoms with Crippen LogP contribution in [0, 0.1) is 18.2 Å². The zero-order chi connectivity index (χ0) is 19.2. The van der Waals surface area contributed by atoms with Gasteiger partial charge in [-0.15, -0.1) is 0 Å². The Hall–Kier alpha value is -2.43. The third-order valence-corrected chi connectivity index (χ3v) is 5.17. The molecular weight excluding hydrogens is 333 g/mol. The van der Waals surface area contributed by atoms with E-state index in [-0.39, 0.29) is 17.0 Å². The average Bonchev–Trinajstić information content (AvgIpc) is 2.54. The molecule has 1 unspecified atom stereocenters. The lowest BCUT2D eigenvalue weighted by molar-refractivity contribution is -0.136. The number of rotatable bonds is 2. The maximum absolute atomic E-state index is 14.2. The first kappa shape index (κ1) is 18.4. The minimum absolute atomic E-state index is 0.0105. The van der Waals surface area contributed by atoms with Crippen LogP contribution in [0.15, 0.2) is 40.7 Å². The van der Waals surface area contributed by atoms with Crippen molar-refractivity contribution in [1.29, 1.82) is 0 Å². The van der Waals surface area contributed by atoms with Gasteiger partial charge in [-0.3, -0.25) is 4.79 Å². The van der Waals surface area contributed by atoms with Crippen molar-refractivity contribution < 1.29 is 18.7 Å². The van der Waals surface area contributed by atoms with Gasteiger partial charge in [0.15, 0.2) is 5.78 Å². The van der Waals surface area contributed by atoms with Crippen LogP contribution in [-0.2, 0) is 14.3 Å². The highest BCUT2D eigenvalue weighted by Gasteiger charge is 2.43. The lowest BCUT2D eigenvalue weighted by Crippen LogP contribution is -2.38. The van der Waals surface area contributed by atoms with Crippen LogP contribution in [-0.4, -0.2) is 18.9 Å². The van der Waals surface area contributed by atoms with Crippen LogP contribution in [0.1, 0.15) is 50.7 Å². The molecule has 1 aliphatic heterocycles. The molecule has 0 saturated heterocycles. The number of dihydropyridines is 1. The van der Waals surface area contributed by atoms with E-state index in [1.54, 1.807) is 26.0 Å². The number of hydrogen-bond acceptors (Lipinski definition) is 4. The Morgan fingerprint density at radius 3 is 2.58 bits per heavy atom. The third-order valence-electron chi connectivity index (χ3n) is 5.17. The highest BCUT2D eigenvalue weighted by Crippen LogP contribution is 2.46. The number of allylic oxidation sites excluding steroid dienone is 3. The van der Waals surface area contributed by atoms with Crippen LogP contribution in [0.2, 0.25) is 0 Å². The number of halogens is 1. The van der Waals surface area contributed by atoms with E-state index in [2.05, 4.69) is 5.32 Å². The maximum atomic E-state index is 14.2. The zero-order valence-corrected chi connectivity index (χ0v) is 15.8. The molecule has 0 fully saturated rings. The van der Waals surface area contributed by atoms with E-state index in [1.165, 1.54) is 13.2 Å². The summed E-state index contributed by atoms with van der Waals surface area (Å²) in [6, 6.07) is 4.87. The SMILES string of the molecule is COC(=O)C1=C(C)NC2=C(C(=O)CC(C)(C)C2)C1c1ccc(C)c(F)c1. The van der Waals surface area contributed by atoms with Gasteiger partial charge in [0.05, 0.1) is 12.7 Å². The van der Waals surface area contributed by atoms with Crippen LogP contribution in [0.25, 0.3) is 0 Å². The first-order valence-electron chi connectivity index (χ1n) is 8.73. The molecule has 0 amide bonds. The zero-order valence-electron chi connectivity index (χ0n) is 15.8. The number of nitrogens with one attached hydrogen (secondary N) is 1. The number of aryl methyl sites for hydroxylation is 1. The number of Topliss-reactive ketones (excluding diaryl/α,β-unsaturated/α-hetero) is 1. The quantitative estimate of drug-likeness (QED) is 0.816. The summed E-state index contributed by atoms with van der Waals surface area (Å²) in [5.41, 5.74) is 3.34. The smallest absolute Gasteiger partial charge is 0.336 e. The van der Waals surface area contributed by atoms with Gasteiger partial charge < -0.3 is 10.1 Å². The molecule has 138 valence electrons. The third kappa shape index (κ3) is 3.06. The number of benzene rings is 1. The highest BCUT2D eigenvalue weighted by atomic mass is 19.1. The average molecular weight is 357 g/mol. The molecule has 0 aromatic heterocycles. The van der Waals surface area contributed by atoms with Crippen LogP contribution in [0.3, 0.4) is 0 Å². The van der Waals surface area contributed by atoms with E-state index in [1.807, 2.05) is 13.8 Å². The van der Waals surface area contributed by atoms with Gasteiger partial charge in [-0.05, 0) is 42.9 Å². The van der Waals surface area contributed by atoms with Crippen molar-refractivity contribution in [3.63, 3.8) is 0 Å². The maximum Gasteiger partial charge on any atom is 0.336 e. The Balaban J connectivity index is 2.22. The number of ether oxygens (including phenoxy) is 1. The Bertz CT molecular complexity index is 864. The Morgan fingerprint density at radius 1 is 1.27 bits per heavy atom. The number of ketones is 1. The first-order valence-corrected chi connectivity index (χ1v) is 8.73. The topological polar surface area (TPSA) is 55.4 Å². The van der Waals surface area contributed by atoms with E-state index in [9.17, 15) is 14.0 Å². The van der Waals surface area contributed by atoms with Crippen molar-refractivity contribution in [2.45, 2.75) is 46.5 Å². The Morgan fingerprint density at radius 2 is 1.96 bits per heavy atom. The number of carbonyl (C=O) groups excluding carboxylic acids is 2. The van der Waals surface area contributed by atoms with Crippen molar-refractivity contribution in [2.24, 2.45) is 5.41 Å². The standard InChI is InChI=1S/C21H24FNO3/c1-11-6-7-13(8-14(11)22)18-17(20(25)26-5)12(2)23-15-9-21(3,4)10-16(24)19(15)18/h6-8,18,23H,9-10H2,1-5H3. The monoisotopic (exact) mass is 357 g/mol. The van der Waals surface area contributed by atoms with E-state index >= 15 is 0 Å². The fourth-order valence-corrected chi connectivity index (χ4v) is 3.94. The summed E-state index contributed by atoms with van der Waals surface area (Å²) in [4.78, 5) is 25.5. The van der Waals surface area contributed by atoms with Crippen molar-refractivity contribution in [1.82, 2.24) is 5.32 Å². The van der Waals surface area contributed by atoms with Crippen molar-refractivity contribution >= 4 is 11.8 Å². The molecule has 3 rings (SSSR count). The lowest BCUT2D eigenvalue weighted by atomic mass is 9.68. The molecule has 0 spiro atoms. The van der Waals surface area contributed by atoms with E-state index < -0.39 is 11.9 Å². The summed E-state index contributed by atoms with van der Waals surface area (Å²) in [6.07, 6.45) is 1.09. The van der Waals surface area contributed by atoms with E-state index in [4.69, 9.17) is 4.74 Å². The molecule has 1 aromatic carbocycles. The highest BCUT2D eigenvalue weighted by molar-refractivity contribution is 6.04. The molecule has 2 aliphatic rings. The van der Waals surface area contributed by atoms with Crippen LogP contribution >= 0.6 is 0 Å². The summed E-state index contributed by atoms with van der Waals surface area (Å²) < 4.78 is 19.2. The fraction of sp³-hybridized carbons (Fsp3) is 0.429. The van der Waals surface area contributed by atoms with Crippen molar-refractivity contribution in [2.75, 3.05) is 7.11 Å². The molecule has 0 bridgehead atoms. The molecule has 5 heteroatoms. The summed E-state index contributed by atoms with van der Waals surface area (Å²) in [5, 5.41) is 3.24. The normalized spacial score (nSPS) is 22.1. The van der Waals surface area contributed by atoms with Gasteiger partial charge in [0, 0.05) is 29.3 Å². The molecule has 1 N–H and O–H groups in total. The van der Waals surface area contributed by atoms with Gasteiger partial charge in [0.2, 0.25) is 0 Å². The predicted octanol–water partition coefficient (Wildman–Crippen LogP) is 3.91. The number of carbonyl (C=O) groups is 2. The molecule has 1 heterocycles. The lowest BCUT2D eigenvalue weighted by Gasteiger charge is -2.39. The molecule has 26 heavy (non-hydrogen) atoms. The molecule has 1 atom stereocenters. The molecule has 1 aliphatic carbocycles. The Kier molecular flexibility index (Phi) is 4.51. The molecule has 1 aromatic rings. The van der Waals surface area contributed by atoms with Crippen molar-refractivity contribution in [3.8, 4) is 0 Å². The van der Waals surface area contributed by atoms with Gasteiger partial charge >= 0.3 is 5.97 Å². The minimum atomic E-state index is -0.614. The van der Waals surface area contributed by atoms with Gasteiger partial charge in [0.1, 0.15) is 5.82 Å². The summed E-state index contributed by atoms with van der Waals surface area (Å²) >= 11 is 0. The molecular formula is C21H24FNO3. The number of esters is 1. The fourth-order valence-electron chi connectivity index (χ4n) is 3.94. The summed E-state index contributed by atoms with van der Waals surface area (Å²) in [6.45, 7) is 7.57. The minimum Gasteiger partial charge on any atom is -0.466 e. The molecule has 0 radical (unpaired) electrons. The second kappa shape index (κ2) is 6.38. The first-order chi connectivity index (χ1) is 12.1. The summed E-state index contributed by atoms with van der Waals surface area (Å²) in [5.74, 6) is -1.49. The molecule has 0 saturated carbocycles. The summed E-state index contributed by atoms with van der Waals surface area (Å²) in [7, 11) is 1.31. The Labute approximate surface area is 153 Å². The van der Waals surface area contributed by atoms with Crippen LogP contribution in [0.5, 0.6) is 0 Å². The number of methoxy groups -OCH3 is 1. The van der Waals surface area contributed by atoms with Gasteiger partial charge in [-0.2, -0.15) is 0 Å². The predicted molar refractivity (Wildman–Crippen MR) is 96.8 cm³/mol. The van der Waals surface area contributed by atoms with Crippen LogP contribution in [0.4, 0.5) is 4.39 Å². The van der Waals surface area contributed by atoms with Gasteiger partial charge in [0.25, 0.3) is 0 Å². The van der Waals surface area contributed by atoms with E-state index in [0.717, 1.165) is 5.70 Å². The van der Waals surface area contributed by atoms with Crippen LogP contribution < -0.4 is 5.32 Å². The second-order valence-corrected chi connectivity index (χ2v) is 7.93. The van der Waals surface area contributed by atoms with Gasteiger partial charge in [-0.25, -0.2) is 9.18 Å².